The Kier molecular flexibility index (Phi) is 3.18. The molecule has 118 valence electrons. The van der Waals surface area contributed by atoms with E-state index < -0.39 is 0 Å². The first-order valence-electron chi connectivity index (χ1n) is 8.06. The molecule has 4 heteroatoms. The third kappa shape index (κ3) is 2.24. The Morgan fingerprint density at radius 1 is 0.913 bits per heavy atom. The van der Waals surface area contributed by atoms with Crippen LogP contribution in [0.25, 0.3) is 20.2 Å². The molecule has 1 fully saturated rings. The minimum Gasteiger partial charge on any atom is -0.399 e. The molecule has 0 aliphatic carbocycles. The molecule has 0 bridgehead atoms. The van der Waals surface area contributed by atoms with Gasteiger partial charge in [-0.05, 0) is 57.8 Å². The molecule has 0 atom stereocenters. The highest BCUT2D eigenvalue weighted by Crippen LogP contribution is 2.38. The molecule has 0 unspecified atom stereocenters. The van der Waals surface area contributed by atoms with Crippen LogP contribution < -0.4 is 5.46 Å². The monoisotopic (exact) mass is 324 g/mol. The summed E-state index contributed by atoms with van der Waals surface area (Å²) in [7, 11) is -0.298. The first kappa shape index (κ1) is 15.2. The maximum atomic E-state index is 6.21. The Hall–Kier alpha value is -1.36. The highest BCUT2D eigenvalue weighted by molar-refractivity contribution is 7.26. The number of rotatable bonds is 1. The SMILES string of the molecule is Cc1cc(B2OC(C)(C)C(C)(C)O2)cc2sc3ccccc3c12. The lowest BCUT2D eigenvalue weighted by atomic mass is 9.78. The van der Waals surface area contributed by atoms with Gasteiger partial charge in [-0.1, -0.05) is 24.3 Å². The Morgan fingerprint density at radius 2 is 1.57 bits per heavy atom. The van der Waals surface area contributed by atoms with Gasteiger partial charge in [-0.15, -0.1) is 11.3 Å². The van der Waals surface area contributed by atoms with Crippen molar-refractivity contribution in [1.29, 1.82) is 0 Å². The average molecular weight is 324 g/mol. The fraction of sp³-hybridized carbons (Fsp3) is 0.368. The third-order valence-electron chi connectivity index (χ3n) is 5.22. The van der Waals surface area contributed by atoms with Gasteiger partial charge >= 0.3 is 7.12 Å². The molecule has 23 heavy (non-hydrogen) atoms. The summed E-state index contributed by atoms with van der Waals surface area (Å²) in [5.74, 6) is 0. The van der Waals surface area contributed by atoms with Crippen LogP contribution in [0.3, 0.4) is 0 Å². The summed E-state index contributed by atoms with van der Waals surface area (Å²) in [5, 5.41) is 2.69. The van der Waals surface area contributed by atoms with Crippen molar-refractivity contribution in [3.05, 3.63) is 42.0 Å². The van der Waals surface area contributed by atoms with Gasteiger partial charge in [0.25, 0.3) is 0 Å². The van der Waals surface area contributed by atoms with Crippen LogP contribution in [0.4, 0.5) is 0 Å². The Bertz CT molecular complexity index is 894. The largest absolute Gasteiger partial charge is 0.494 e. The molecule has 1 aliphatic rings. The van der Waals surface area contributed by atoms with Gasteiger partial charge in [0.2, 0.25) is 0 Å². The second-order valence-corrected chi connectivity index (χ2v) is 8.48. The molecule has 1 saturated heterocycles. The van der Waals surface area contributed by atoms with Crippen molar-refractivity contribution in [2.24, 2.45) is 0 Å². The van der Waals surface area contributed by atoms with E-state index in [-0.39, 0.29) is 18.3 Å². The van der Waals surface area contributed by atoms with Crippen LogP contribution in [0.5, 0.6) is 0 Å². The molecule has 0 spiro atoms. The lowest BCUT2D eigenvalue weighted by molar-refractivity contribution is 0.00578. The first-order valence-corrected chi connectivity index (χ1v) is 8.88. The zero-order chi connectivity index (χ0) is 16.4. The topological polar surface area (TPSA) is 18.5 Å². The van der Waals surface area contributed by atoms with Crippen molar-refractivity contribution in [2.75, 3.05) is 0 Å². The lowest BCUT2D eigenvalue weighted by Crippen LogP contribution is -2.41. The number of aryl methyl sites for hydroxylation is 1. The number of hydrogen-bond acceptors (Lipinski definition) is 3. The van der Waals surface area contributed by atoms with Crippen LogP contribution >= 0.6 is 11.3 Å². The van der Waals surface area contributed by atoms with E-state index in [1.54, 1.807) is 0 Å². The fourth-order valence-corrected chi connectivity index (χ4v) is 4.43. The van der Waals surface area contributed by atoms with E-state index >= 15 is 0 Å². The summed E-state index contributed by atoms with van der Waals surface area (Å²) in [6.07, 6.45) is 0. The van der Waals surface area contributed by atoms with Crippen molar-refractivity contribution in [3.63, 3.8) is 0 Å². The molecule has 4 rings (SSSR count). The molecule has 0 N–H and O–H groups in total. The maximum absolute atomic E-state index is 6.21. The Morgan fingerprint density at radius 3 is 2.26 bits per heavy atom. The molecule has 1 aliphatic heterocycles. The van der Waals surface area contributed by atoms with E-state index in [9.17, 15) is 0 Å². The highest BCUT2D eigenvalue weighted by Gasteiger charge is 2.51. The van der Waals surface area contributed by atoms with E-state index in [1.807, 2.05) is 11.3 Å². The van der Waals surface area contributed by atoms with E-state index in [0.717, 1.165) is 5.46 Å². The van der Waals surface area contributed by atoms with Crippen LogP contribution in [0.15, 0.2) is 36.4 Å². The van der Waals surface area contributed by atoms with Gasteiger partial charge in [0, 0.05) is 20.2 Å². The summed E-state index contributed by atoms with van der Waals surface area (Å²) in [5.41, 5.74) is 1.78. The lowest BCUT2D eigenvalue weighted by Gasteiger charge is -2.32. The summed E-state index contributed by atoms with van der Waals surface area (Å²) in [4.78, 5) is 0. The standard InChI is InChI=1S/C19H21BO2S/c1-12-10-13(20-21-18(2,3)19(4,5)22-20)11-16-17(12)14-8-6-7-9-15(14)23-16/h6-11H,1-5H3. The van der Waals surface area contributed by atoms with Crippen molar-refractivity contribution in [3.8, 4) is 0 Å². The summed E-state index contributed by atoms with van der Waals surface area (Å²) >= 11 is 1.84. The van der Waals surface area contributed by atoms with E-state index in [0.29, 0.717) is 0 Å². The van der Waals surface area contributed by atoms with Gasteiger partial charge in [-0.25, -0.2) is 0 Å². The minimum atomic E-state index is -0.305. The molecule has 0 radical (unpaired) electrons. The zero-order valence-corrected chi connectivity index (χ0v) is 15.1. The van der Waals surface area contributed by atoms with Crippen molar-refractivity contribution in [2.45, 2.75) is 45.8 Å². The van der Waals surface area contributed by atoms with Crippen molar-refractivity contribution >= 4 is 44.1 Å². The number of benzene rings is 2. The predicted octanol–water partition coefficient (Wildman–Crippen LogP) is 4.66. The first-order chi connectivity index (χ1) is 10.8. The molecule has 2 aromatic carbocycles. The Balaban J connectivity index is 1.85. The predicted molar refractivity (Wildman–Crippen MR) is 99.8 cm³/mol. The smallest absolute Gasteiger partial charge is 0.399 e. The second kappa shape index (κ2) is 4.82. The summed E-state index contributed by atoms with van der Waals surface area (Å²) in [6.45, 7) is 10.6. The Labute approximate surface area is 141 Å². The molecule has 0 saturated carbocycles. The van der Waals surface area contributed by atoms with Gasteiger partial charge in [-0.2, -0.15) is 0 Å². The summed E-state index contributed by atoms with van der Waals surface area (Å²) in [6, 6.07) is 13.0. The van der Waals surface area contributed by atoms with Crippen LogP contribution in [-0.2, 0) is 9.31 Å². The van der Waals surface area contributed by atoms with Gasteiger partial charge in [0.1, 0.15) is 0 Å². The third-order valence-corrected chi connectivity index (χ3v) is 6.34. The van der Waals surface area contributed by atoms with Crippen LogP contribution in [0, 0.1) is 6.92 Å². The molecular formula is C19H21BO2S. The van der Waals surface area contributed by atoms with Crippen LogP contribution in [0.1, 0.15) is 33.3 Å². The average Bonchev–Trinajstić information content (AvgIpc) is 2.93. The van der Waals surface area contributed by atoms with Gasteiger partial charge < -0.3 is 9.31 Å². The molecule has 3 aromatic rings. The van der Waals surface area contributed by atoms with Crippen LogP contribution in [-0.4, -0.2) is 18.3 Å². The van der Waals surface area contributed by atoms with Crippen molar-refractivity contribution in [1.82, 2.24) is 0 Å². The van der Waals surface area contributed by atoms with Gasteiger partial charge in [0.15, 0.2) is 0 Å². The van der Waals surface area contributed by atoms with Gasteiger partial charge in [0.05, 0.1) is 11.2 Å². The fourth-order valence-electron chi connectivity index (χ4n) is 3.20. The number of hydrogen-bond donors (Lipinski definition) is 0. The molecule has 2 nitrogen and oxygen atoms in total. The van der Waals surface area contributed by atoms with E-state index in [2.05, 4.69) is 71.0 Å². The maximum Gasteiger partial charge on any atom is 0.494 e. The van der Waals surface area contributed by atoms with E-state index in [1.165, 1.54) is 25.7 Å². The molecular weight excluding hydrogens is 303 g/mol. The number of fused-ring (bicyclic) bond motifs is 3. The summed E-state index contributed by atoms with van der Waals surface area (Å²) < 4.78 is 15.1. The zero-order valence-electron chi connectivity index (χ0n) is 14.3. The molecule has 2 heterocycles. The van der Waals surface area contributed by atoms with E-state index in [4.69, 9.17) is 9.31 Å². The van der Waals surface area contributed by atoms with Crippen LogP contribution in [0.2, 0.25) is 0 Å². The second-order valence-electron chi connectivity index (χ2n) is 7.40. The number of thiophene rings is 1. The van der Waals surface area contributed by atoms with Crippen molar-refractivity contribution < 1.29 is 9.31 Å². The normalized spacial score (nSPS) is 19.8. The quantitative estimate of drug-likeness (QED) is 0.606. The highest BCUT2D eigenvalue weighted by atomic mass is 32.1. The molecule has 1 aromatic heterocycles. The minimum absolute atomic E-state index is 0.298. The molecule has 0 amide bonds. The van der Waals surface area contributed by atoms with Gasteiger partial charge in [-0.3, -0.25) is 0 Å².